The fourth-order valence-corrected chi connectivity index (χ4v) is 1.99. The maximum Gasteiger partial charge on any atom is 0.258 e. The minimum atomic E-state index is 0.546. The molecule has 0 radical (unpaired) electrons. The molecule has 2 heterocycles. The van der Waals surface area contributed by atoms with Gasteiger partial charge < -0.3 is 9.84 Å². The van der Waals surface area contributed by atoms with E-state index in [1.807, 2.05) is 37.4 Å². The molecule has 2 aromatic heterocycles. The van der Waals surface area contributed by atoms with Gasteiger partial charge in [0.15, 0.2) is 5.82 Å². The van der Waals surface area contributed by atoms with Gasteiger partial charge in [-0.05, 0) is 25.2 Å². The molecule has 0 atom stereocenters. The van der Waals surface area contributed by atoms with Gasteiger partial charge in [-0.1, -0.05) is 17.3 Å². The van der Waals surface area contributed by atoms with Crippen LogP contribution < -0.4 is 5.32 Å². The first-order valence-corrected chi connectivity index (χ1v) is 6.20. The lowest BCUT2D eigenvalue weighted by atomic mass is 10.1. The number of nitrogens with zero attached hydrogens (tertiary/aromatic N) is 3. The van der Waals surface area contributed by atoms with Crippen LogP contribution in [0, 0.1) is 0 Å². The molecule has 0 spiro atoms. The molecular weight excluding hydrogens is 240 g/mol. The maximum absolute atomic E-state index is 5.34. The molecule has 0 bridgehead atoms. The molecule has 19 heavy (non-hydrogen) atoms. The van der Waals surface area contributed by atoms with E-state index < -0.39 is 0 Å². The second kappa shape index (κ2) is 5.16. The van der Waals surface area contributed by atoms with Crippen molar-refractivity contribution in [1.29, 1.82) is 0 Å². The second-order valence-corrected chi connectivity index (χ2v) is 4.24. The molecule has 96 valence electrons. The number of pyridine rings is 1. The highest BCUT2D eigenvalue weighted by Gasteiger charge is 2.11. The van der Waals surface area contributed by atoms with E-state index in [-0.39, 0.29) is 0 Å². The number of hydrogen-bond acceptors (Lipinski definition) is 5. The smallest absolute Gasteiger partial charge is 0.258 e. The molecule has 5 nitrogen and oxygen atoms in total. The predicted octanol–water partition coefficient (Wildman–Crippen LogP) is 2.05. The Balaban J connectivity index is 2.02. The lowest BCUT2D eigenvalue weighted by Gasteiger charge is -2.00. The van der Waals surface area contributed by atoms with Crippen molar-refractivity contribution in [3.05, 3.63) is 42.4 Å². The Morgan fingerprint density at radius 1 is 1.21 bits per heavy atom. The first kappa shape index (κ1) is 11.8. The van der Waals surface area contributed by atoms with E-state index in [0.717, 1.165) is 29.4 Å². The van der Waals surface area contributed by atoms with Crippen LogP contribution >= 0.6 is 0 Å². The van der Waals surface area contributed by atoms with Crippen LogP contribution in [0.3, 0.4) is 0 Å². The van der Waals surface area contributed by atoms with Crippen LogP contribution in [-0.2, 0) is 6.42 Å². The van der Waals surface area contributed by atoms with Gasteiger partial charge in [0, 0.05) is 30.1 Å². The van der Waals surface area contributed by atoms with Crippen LogP contribution in [0.2, 0.25) is 0 Å². The van der Waals surface area contributed by atoms with Crippen LogP contribution in [0.15, 0.2) is 41.1 Å². The summed E-state index contributed by atoms with van der Waals surface area (Å²) in [4.78, 5) is 8.75. The van der Waals surface area contributed by atoms with Gasteiger partial charge in [-0.2, -0.15) is 4.98 Å². The molecule has 0 unspecified atom stereocenters. The Kier molecular flexibility index (Phi) is 3.20. The lowest BCUT2D eigenvalue weighted by molar-refractivity contribution is 0.422. The molecule has 1 aromatic carbocycles. The molecule has 0 fully saturated rings. The van der Waals surface area contributed by atoms with Gasteiger partial charge in [0.25, 0.3) is 5.89 Å². The first-order valence-electron chi connectivity index (χ1n) is 6.20. The summed E-state index contributed by atoms with van der Waals surface area (Å²) < 4.78 is 5.34. The maximum atomic E-state index is 5.34. The summed E-state index contributed by atoms with van der Waals surface area (Å²) in [7, 11) is 1.90. The van der Waals surface area contributed by atoms with Gasteiger partial charge in [-0.25, -0.2) is 0 Å². The Bertz CT molecular complexity index is 687. The van der Waals surface area contributed by atoms with Crippen LogP contribution in [0.25, 0.3) is 22.4 Å². The van der Waals surface area contributed by atoms with Crippen molar-refractivity contribution < 1.29 is 4.52 Å². The second-order valence-electron chi connectivity index (χ2n) is 4.24. The lowest BCUT2D eigenvalue weighted by Crippen LogP contribution is -2.10. The number of benzene rings is 1. The summed E-state index contributed by atoms with van der Waals surface area (Å²) in [5.41, 5.74) is 1.85. The fraction of sp³-hybridized carbons (Fsp3) is 0.214. The summed E-state index contributed by atoms with van der Waals surface area (Å²) in [5.74, 6) is 1.26. The van der Waals surface area contributed by atoms with E-state index in [2.05, 4.69) is 20.4 Å². The van der Waals surface area contributed by atoms with Crippen LogP contribution in [-0.4, -0.2) is 28.7 Å². The number of aromatic nitrogens is 3. The standard InChI is InChI=1S/C14H14N4O/c1-15-9-7-13-17-14(19-18-13)11-4-2-6-12-10(11)5-3-8-16-12/h2-6,8,15H,7,9H2,1H3. The topological polar surface area (TPSA) is 63.8 Å². The number of fused-ring (bicyclic) bond motifs is 1. The SMILES string of the molecule is CNCCc1noc(-c2cccc3ncccc23)n1. The Morgan fingerprint density at radius 3 is 3.05 bits per heavy atom. The summed E-state index contributed by atoms with van der Waals surface area (Å²) in [6.07, 6.45) is 2.53. The van der Waals surface area contributed by atoms with Gasteiger partial charge in [0.1, 0.15) is 0 Å². The number of rotatable bonds is 4. The molecule has 0 aliphatic carbocycles. The van der Waals surface area contributed by atoms with Crippen molar-refractivity contribution in [2.24, 2.45) is 0 Å². The van der Waals surface area contributed by atoms with Crippen molar-refractivity contribution in [2.75, 3.05) is 13.6 Å². The highest BCUT2D eigenvalue weighted by molar-refractivity contribution is 5.92. The average molecular weight is 254 g/mol. The summed E-state index contributed by atoms with van der Waals surface area (Å²) in [6.45, 7) is 0.829. The zero-order valence-corrected chi connectivity index (χ0v) is 10.6. The fourth-order valence-electron chi connectivity index (χ4n) is 1.99. The van der Waals surface area contributed by atoms with E-state index in [0.29, 0.717) is 11.7 Å². The van der Waals surface area contributed by atoms with Gasteiger partial charge in [0.2, 0.25) is 0 Å². The van der Waals surface area contributed by atoms with Gasteiger partial charge in [0.05, 0.1) is 5.52 Å². The zero-order chi connectivity index (χ0) is 13.1. The normalized spacial score (nSPS) is 11.0. The number of likely N-dealkylation sites (N-methyl/N-ethyl adjacent to an activating group) is 1. The van der Waals surface area contributed by atoms with Crippen LogP contribution in [0.4, 0.5) is 0 Å². The number of nitrogens with one attached hydrogen (secondary N) is 1. The molecule has 3 rings (SSSR count). The Morgan fingerprint density at radius 2 is 2.16 bits per heavy atom. The minimum absolute atomic E-state index is 0.546. The third kappa shape index (κ3) is 2.32. The molecule has 0 saturated heterocycles. The van der Waals surface area contributed by atoms with E-state index in [1.54, 1.807) is 6.20 Å². The molecule has 3 aromatic rings. The highest BCUT2D eigenvalue weighted by atomic mass is 16.5. The zero-order valence-electron chi connectivity index (χ0n) is 10.6. The van der Waals surface area contributed by atoms with Gasteiger partial charge >= 0.3 is 0 Å². The first-order chi connectivity index (χ1) is 9.38. The van der Waals surface area contributed by atoms with E-state index >= 15 is 0 Å². The van der Waals surface area contributed by atoms with Crippen molar-refractivity contribution in [2.45, 2.75) is 6.42 Å². The Hall–Kier alpha value is -2.27. The largest absolute Gasteiger partial charge is 0.334 e. The van der Waals surface area contributed by atoms with Crippen molar-refractivity contribution in [3.63, 3.8) is 0 Å². The quantitative estimate of drug-likeness (QED) is 0.772. The van der Waals surface area contributed by atoms with Crippen LogP contribution in [0.5, 0.6) is 0 Å². The average Bonchev–Trinajstić information content (AvgIpc) is 2.93. The molecule has 5 heteroatoms. The van der Waals surface area contributed by atoms with Crippen molar-refractivity contribution in [3.8, 4) is 11.5 Å². The van der Waals surface area contributed by atoms with Gasteiger partial charge in [-0.15, -0.1) is 0 Å². The molecule has 1 N–H and O–H groups in total. The van der Waals surface area contributed by atoms with Crippen LogP contribution in [0.1, 0.15) is 5.82 Å². The molecule has 0 aliphatic heterocycles. The van der Waals surface area contributed by atoms with Gasteiger partial charge in [-0.3, -0.25) is 4.98 Å². The van der Waals surface area contributed by atoms with E-state index in [1.165, 1.54) is 0 Å². The molecule has 0 saturated carbocycles. The third-order valence-electron chi connectivity index (χ3n) is 2.94. The summed E-state index contributed by atoms with van der Waals surface area (Å²) in [6, 6.07) is 9.80. The molecule has 0 aliphatic rings. The summed E-state index contributed by atoms with van der Waals surface area (Å²) in [5, 5.41) is 8.08. The van der Waals surface area contributed by atoms with Crippen molar-refractivity contribution >= 4 is 10.9 Å². The Labute approximate surface area is 110 Å². The monoisotopic (exact) mass is 254 g/mol. The van der Waals surface area contributed by atoms with E-state index in [4.69, 9.17) is 4.52 Å². The number of hydrogen-bond donors (Lipinski definition) is 1. The predicted molar refractivity (Wildman–Crippen MR) is 72.7 cm³/mol. The van der Waals surface area contributed by atoms with E-state index in [9.17, 15) is 0 Å². The third-order valence-corrected chi connectivity index (χ3v) is 2.94. The highest BCUT2D eigenvalue weighted by Crippen LogP contribution is 2.25. The molecular formula is C14H14N4O. The minimum Gasteiger partial charge on any atom is -0.334 e. The van der Waals surface area contributed by atoms with Crippen molar-refractivity contribution in [1.82, 2.24) is 20.4 Å². The molecule has 0 amide bonds. The summed E-state index contributed by atoms with van der Waals surface area (Å²) >= 11 is 0.